The molecule has 2 unspecified atom stereocenters. The molecular formula is C15H25NO2. The lowest BCUT2D eigenvalue weighted by atomic mass is 10.0. The van der Waals surface area contributed by atoms with E-state index in [2.05, 4.69) is 43.4 Å². The molecule has 0 spiro atoms. The highest BCUT2D eigenvalue weighted by Crippen LogP contribution is 2.18. The van der Waals surface area contributed by atoms with Crippen LogP contribution in [0.2, 0.25) is 0 Å². The second-order valence-corrected chi connectivity index (χ2v) is 5.09. The van der Waals surface area contributed by atoms with E-state index in [1.165, 1.54) is 11.1 Å². The summed E-state index contributed by atoms with van der Waals surface area (Å²) < 4.78 is 0. The van der Waals surface area contributed by atoms with Crippen LogP contribution in [0.15, 0.2) is 24.3 Å². The first-order valence-corrected chi connectivity index (χ1v) is 6.68. The lowest BCUT2D eigenvalue weighted by Crippen LogP contribution is -2.42. The molecule has 3 heteroatoms. The first kappa shape index (κ1) is 15.2. The number of aryl methyl sites for hydroxylation is 1. The predicted octanol–water partition coefficient (Wildman–Crippen LogP) is 2.03. The van der Waals surface area contributed by atoms with E-state index >= 15 is 0 Å². The maximum atomic E-state index is 9.78. The molecule has 0 radical (unpaired) electrons. The van der Waals surface area contributed by atoms with Gasteiger partial charge < -0.3 is 15.5 Å². The van der Waals surface area contributed by atoms with Crippen LogP contribution in [-0.4, -0.2) is 29.0 Å². The zero-order valence-electron chi connectivity index (χ0n) is 11.6. The molecule has 0 heterocycles. The quantitative estimate of drug-likeness (QED) is 0.695. The van der Waals surface area contributed by atoms with Gasteiger partial charge in [-0.3, -0.25) is 0 Å². The molecule has 18 heavy (non-hydrogen) atoms. The minimum atomic E-state index is -1.06. The maximum absolute atomic E-state index is 9.78. The molecule has 0 aliphatic heterocycles. The molecule has 3 N–H and O–H groups in total. The van der Waals surface area contributed by atoms with E-state index in [1.54, 1.807) is 6.92 Å². The van der Waals surface area contributed by atoms with Crippen LogP contribution in [0, 0.1) is 0 Å². The Bertz CT molecular complexity index is 346. The van der Waals surface area contributed by atoms with Gasteiger partial charge in [-0.05, 0) is 30.9 Å². The Morgan fingerprint density at radius 2 is 1.83 bits per heavy atom. The van der Waals surface area contributed by atoms with Gasteiger partial charge in [0, 0.05) is 12.6 Å². The van der Waals surface area contributed by atoms with Gasteiger partial charge in [0.25, 0.3) is 0 Å². The van der Waals surface area contributed by atoms with Gasteiger partial charge in [-0.25, -0.2) is 0 Å². The standard InChI is InChI=1S/C15H25NO2/c1-4-12-6-8-13(9-7-12)14(5-2)16-10-15(3,18)11-17/h6-9,14,16-18H,4-5,10-11H2,1-3H3. The summed E-state index contributed by atoms with van der Waals surface area (Å²) in [7, 11) is 0. The van der Waals surface area contributed by atoms with Crippen LogP contribution >= 0.6 is 0 Å². The molecule has 0 fully saturated rings. The number of hydrogen-bond donors (Lipinski definition) is 3. The minimum absolute atomic E-state index is 0.217. The Kier molecular flexibility index (Phi) is 5.79. The van der Waals surface area contributed by atoms with E-state index < -0.39 is 5.60 Å². The largest absolute Gasteiger partial charge is 0.393 e. The molecule has 1 aromatic carbocycles. The van der Waals surface area contributed by atoms with Crippen molar-refractivity contribution in [3.05, 3.63) is 35.4 Å². The van der Waals surface area contributed by atoms with Crippen LogP contribution in [0.1, 0.15) is 44.4 Å². The molecule has 0 aliphatic carbocycles. The van der Waals surface area contributed by atoms with Crippen molar-refractivity contribution < 1.29 is 10.2 Å². The van der Waals surface area contributed by atoms with Crippen molar-refractivity contribution in [2.24, 2.45) is 0 Å². The Hall–Kier alpha value is -0.900. The van der Waals surface area contributed by atoms with Crippen LogP contribution in [0.5, 0.6) is 0 Å². The maximum Gasteiger partial charge on any atom is 0.0973 e. The summed E-state index contributed by atoms with van der Waals surface area (Å²) in [6.45, 7) is 6.04. The monoisotopic (exact) mass is 251 g/mol. The summed E-state index contributed by atoms with van der Waals surface area (Å²) in [5, 5.41) is 22.1. The average molecular weight is 251 g/mol. The van der Waals surface area contributed by atoms with Crippen LogP contribution in [0.4, 0.5) is 0 Å². The summed E-state index contributed by atoms with van der Waals surface area (Å²) in [5.41, 5.74) is 1.50. The van der Waals surface area contributed by atoms with Gasteiger partial charge in [0.1, 0.15) is 0 Å². The van der Waals surface area contributed by atoms with Crippen molar-refractivity contribution in [2.45, 2.75) is 45.3 Å². The summed E-state index contributed by atoms with van der Waals surface area (Å²) in [5.74, 6) is 0. The van der Waals surface area contributed by atoms with Gasteiger partial charge in [-0.2, -0.15) is 0 Å². The smallest absolute Gasteiger partial charge is 0.0973 e. The number of rotatable bonds is 7. The summed E-state index contributed by atoms with van der Waals surface area (Å²) in [6, 6.07) is 8.77. The van der Waals surface area contributed by atoms with E-state index in [4.69, 9.17) is 5.11 Å². The summed E-state index contributed by atoms with van der Waals surface area (Å²) in [6.07, 6.45) is 2.00. The Morgan fingerprint density at radius 3 is 2.28 bits per heavy atom. The Labute approximate surface area is 110 Å². The topological polar surface area (TPSA) is 52.5 Å². The van der Waals surface area contributed by atoms with Crippen molar-refractivity contribution in [3.63, 3.8) is 0 Å². The molecule has 3 nitrogen and oxygen atoms in total. The highest BCUT2D eigenvalue weighted by atomic mass is 16.3. The third-order valence-electron chi connectivity index (χ3n) is 3.27. The van der Waals surface area contributed by atoms with Crippen molar-refractivity contribution in [3.8, 4) is 0 Å². The van der Waals surface area contributed by atoms with Gasteiger partial charge >= 0.3 is 0 Å². The van der Waals surface area contributed by atoms with Crippen molar-refractivity contribution in [1.29, 1.82) is 0 Å². The number of nitrogens with one attached hydrogen (secondary N) is 1. The number of aliphatic hydroxyl groups excluding tert-OH is 1. The van der Waals surface area contributed by atoms with E-state index in [0.29, 0.717) is 6.54 Å². The SMILES string of the molecule is CCc1ccc(C(CC)NCC(C)(O)CO)cc1. The van der Waals surface area contributed by atoms with E-state index in [1.807, 2.05) is 0 Å². The van der Waals surface area contributed by atoms with Crippen molar-refractivity contribution in [2.75, 3.05) is 13.2 Å². The molecule has 1 aromatic rings. The lowest BCUT2D eigenvalue weighted by molar-refractivity contribution is 0.000593. The second-order valence-electron chi connectivity index (χ2n) is 5.09. The first-order valence-electron chi connectivity index (χ1n) is 6.68. The molecule has 0 saturated carbocycles. The molecule has 2 atom stereocenters. The fraction of sp³-hybridized carbons (Fsp3) is 0.600. The third-order valence-corrected chi connectivity index (χ3v) is 3.27. The zero-order valence-corrected chi connectivity index (χ0v) is 11.6. The first-order chi connectivity index (χ1) is 8.52. The highest BCUT2D eigenvalue weighted by Gasteiger charge is 2.20. The van der Waals surface area contributed by atoms with E-state index in [9.17, 15) is 5.11 Å². The fourth-order valence-corrected chi connectivity index (χ4v) is 1.88. The molecule has 0 aromatic heterocycles. The Morgan fingerprint density at radius 1 is 1.22 bits per heavy atom. The lowest BCUT2D eigenvalue weighted by Gasteiger charge is -2.25. The van der Waals surface area contributed by atoms with Crippen LogP contribution in [0.25, 0.3) is 0 Å². The molecular weight excluding hydrogens is 226 g/mol. The van der Waals surface area contributed by atoms with Gasteiger partial charge in [0.2, 0.25) is 0 Å². The molecule has 0 aliphatic rings. The van der Waals surface area contributed by atoms with Crippen LogP contribution in [-0.2, 0) is 6.42 Å². The van der Waals surface area contributed by atoms with Gasteiger partial charge in [0.15, 0.2) is 0 Å². The average Bonchev–Trinajstić information content (AvgIpc) is 2.40. The molecule has 0 bridgehead atoms. The minimum Gasteiger partial charge on any atom is -0.393 e. The number of benzene rings is 1. The van der Waals surface area contributed by atoms with Gasteiger partial charge in [0.05, 0.1) is 12.2 Å². The summed E-state index contributed by atoms with van der Waals surface area (Å²) >= 11 is 0. The van der Waals surface area contributed by atoms with Gasteiger partial charge in [-0.15, -0.1) is 0 Å². The number of aliphatic hydroxyl groups is 2. The zero-order chi connectivity index (χ0) is 13.6. The van der Waals surface area contributed by atoms with Crippen LogP contribution < -0.4 is 5.32 Å². The van der Waals surface area contributed by atoms with Crippen LogP contribution in [0.3, 0.4) is 0 Å². The highest BCUT2D eigenvalue weighted by molar-refractivity contribution is 5.25. The molecule has 1 rings (SSSR count). The molecule has 102 valence electrons. The Balaban J connectivity index is 2.65. The predicted molar refractivity (Wildman–Crippen MR) is 74.6 cm³/mol. The van der Waals surface area contributed by atoms with E-state index in [-0.39, 0.29) is 12.6 Å². The molecule has 0 amide bonds. The van der Waals surface area contributed by atoms with E-state index in [0.717, 1.165) is 12.8 Å². The molecule has 0 saturated heterocycles. The second kappa shape index (κ2) is 6.88. The van der Waals surface area contributed by atoms with Crippen molar-refractivity contribution in [1.82, 2.24) is 5.32 Å². The summed E-state index contributed by atoms with van der Waals surface area (Å²) in [4.78, 5) is 0. The fourth-order valence-electron chi connectivity index (χ4n) is 1.88. The van der Waals surface area contributed by atoms with Crippen molar-refractivity contribution >= 4 is 0 Å². The third kappa shape index (κ3) is 4.41. The van der Waals surface area contributed by atoms with Gasteiger partial charge in [-0.1, -0.05) is 38.1 Å². The normalized spacial score (nSPS) is 16.3. The number of hydrogen-bond acceptors (Lipinski definition) is 3.